The number of hydrogen-bond donors (Lipinski definition) is 3. The van der Waals surface area contributed by atoms with E-state index in [1.54, 1.807) is 0 Å². The quantitative estimate of drug-likeness (QED) is 0.654. The highest BCUT2D eigenvalue weighted by Crippen LogP contribution is 2.00. The molecule has 18 heavy (non-hydrogen) atoms. The number of carbonyl (C=O) groups is 2. The Kier molecular flexibility index (Phi) is 5.62. The first-order valence-electron chi connectivity index (χ1n) is 5.66. The molecule has 0 aliphatic carbocycles. The number of aliphatic carboxylic acids is 1. The molecule has 8 heteroatoms. The van der Waals surface area contributed by atoms with Gasteiger partial charge in [-0.2, -0.15) is 4.98 Å². The topological polar surface area (TPSA) is 117 Å². The van der Waals surface area contributed by atoms with Crippen molar-refractivity contribution in [2.75, 3.05) is 0 Å². The molecular weight excluding hydrogens is 240 g/mol. The molecule has 1 aromatic heterocycles. The highest BCUT2D eigenvalue weighted by Gasteiger charge is 2.18. The molecule has 0 fully saturated rings. The fraction of sp³-hybridized carbons (Fsp3) is 0.600. The molecule has 0 saturated heterocycles. The van der Waals surface area contributed by atoms with Crippen molar-refractivity contribution in [1.29, 1.82) is 0 Å². The number of carbonyl (C=O) groups excluding carboxylic acids is 1. The molecule has 1 aromatic rings. The van der Waals surface area contributed by atoms with E-state index < -0.39 is 18.0 Å². The maximum absolute atomic E-state index is 11.4. The minimum absolute atomic E-state index is 0.0858. The number of hydrogen-bond acceptors (Lipinski definition) is 5. The zero-order valence-electron chi connectivity index (χ0n) is 10.0. The van der Waals surface area contributed by atoms with Gasteiger partial charge in [0.1, 0.15) is 6.04 Å². The van der Waals surface area contributed by atoms with Crippen LogP contribution in [0.2, 0.25) is 0 Å². The SMILES string of the molecule is CCCC[C@H](NC(=O)NCc1ncon1)C(=O)O. The summed E-state index contributed by atoms with van der Waals surface area (Å²) in [6.45, 7) is 2.04. The Hall–Kier alpha value is -2.12. The maximum atomic E-state index is 11.4. The number of carboxylic acids is 1. The van der Waals surface area contributed by atoms with Gasteiger partial charge in [0.2, 0.25) is 6.39 Å². The molecule has 0 aliphatic rings. The fourth-order valence-electron chi connectivity index (χ4n) is 1.30. The van der Waals surface area contributed by atoms with Crippen LogP contribution in [-0.2, 0) is 11.3 Å². The highest BCUT2D eigenvalue weighted by molar-refractivity contribution is 5.82. The third-order valence-electron chi connectivity index (χ3n) is 2.26. The number of amides is 2. The number of aromatic nitrogens is 2. The molecule has 100 valence electrons. The number of rotatable bonds is 7. The van der Waals surface area contributed by atoms with Gasteiger partial charge in [-0.05, 0) is 6.42 Å². The first kappa shape index (κ1) is 13.9. The summed E-state index contributed by atoms with van der Waals surface area (Å²) < 4.78 is 4.49. The second-order valence-electron chi connectivity index (χ2n) is 3.71. The van der Waals surface area contributed by atoms with E-state index in [1.807, 2.05) is 6.92 Å². The number of urea groups is 1. The summed E-state index contributed by atoms with van der Waals surface area (Å²) in [5.41, 5.74) is 0. The van der Waals surface area contributed by atoms with E-state index in [0.717, 1.165) is 19.2 Å². The summed E-state index contributed by atoms with van der Waals surface area (Å²) in [6, 6.07) is -1.45. The van der Waals surface area contributed by atoms with E-state index in [0.29, 0.717) is 12.2 Å². The molecule has 0 unspecified atom stereocenters. The summed E-state index contributed by atoms with van der Waals surface area (Å²) in [5.74, 6) is -0.719. The van der Waals surface area contributed by atoms with Crippen LogP contribution in [0.1, 0.15) is 32.0 Å². The molecule has 0 aromatic carbocycles. The summed E-state index contributed by atoms with van der Waals surface area (Å²) >= 11 is 0. The molecule has 3 N–H and O–H groups in total. The van der Waals surface area contributed by atoms with Crippen LogP contribution in [-0.4, -0.2) is 33.3 Å². The third-order valence-corrected chi connectivity index (χ3v) is 2.26. The van der Waals surface area contributed by atoms with Gasteiger partial charge in [0.15, 0.2) is 5.82 Å². The van der Waals surface area contributed by atoms with Gasteiger partial charge in [-0.25, -0.2) is 9.59 Å². The van der Waals surface area contributed by atoms with Crippen LogP contribution in [0, 0.1) is 0 Å². The van der Waals surface area contributed by atoms with Gasteiger partial charge >= 0.3 is 12.0 Å². The number of nitrogens with zero attached hydrogens (tertiary/aromatic N) is 2. The second kappa shape index (κ2) is 7.25. The molecule has 1 rings (SSSR count). The van der Waals surface area contributed by atoms with Crippen molar-refractivity contribution in [1.82, 2.24) is 20.8 Å². The predicted molar refractivity (Wildman–Crippen MR) is 60.6 cm³/mol. The molecule has 0 aliphatic heterocycles. The van der Waals surface area contributed by atoms with Crippen molar-refractivity contribution in [3.05, 3.63) is 12.2 Å². The predicted octanol–water partition coefficient (Wildman–Crippen LogP) is 0.512. The zero-order chi connectivity index (χ0) is 13.4. The highest BCUT2D eigenvalue weighted by atomic mass is 16.5. The fourth-order valence-corrected chi connectivity index (χ4v) is 1.30. The number of nitrogens with one attached hydrogen (secondary N) is 2. The molecule has 0 bridgehead atoms. The third kappa shape index (κ3) is 4.81. The van der Waals surface area contributed by atoms with Crippen molar-refractivity contribution < 1.29 is 19.2 Å². The smallest absolute Gasteiger partial charge is 0.326 e. The molecule has 1 atom stereocenters. The lowest BCUT2D eigenvalue weighted by atomic mass is 10.1. The van der Waals surface area contributed by atoms with E-state index in [4.69, 9.17) is 5.11 Å². The Bertz CT molecular complexity index is 379. The first-order valence-corrected chi connectivity index (χ1v) is 5.66. The lowest BCUT2D eigenvalue weighted by molar-refractivity contribution is -0.139. The van der Waals surface area contributed by atoms with Crippen LogP contribution in [0.15, 0.2) is 10.9 Å². The van der Waals surface area contributed by atoms with E-state index in [9.17, 15) is 9.59 Å². The minimum Gasteiger partial charge on any atom is -0.480 e. The first-order chi connectivity index (χ1) is 8.63. The van der Waals surface area contributed by atoms with Crippen LogP contribution in [0.4, 0.5) is 4.79 Å². The van der Waals surface area contributed by atoms with Crippen LogP contribution in [0.25, 0.3) is 0 Å². The summed E-state index contributed by atoms with van der Waals surface area (Å²) in [7, 11) is 0. The molecule has 8 nitrogen and oxygen atoms in total. The average molecular weight is 256 g/mol. The van der Waals surface area contributed by atoms with E-state index >= 15 is 0 Å². The summed E-state index contributed by atoms with van der Waals surface area (Å²) in [5, 5.41) is 17.3. The Morgan fingerprint density at radius 1 is 1.56 bits per heavy atom. The Morgan fingerprint density at radius 3 is 2.89 bits per heavy atom. The average Bonchev–Trinajstić information content (AvgIpc) is 2.84. The monoisotopic (exact) mass is 256 g/mol. The summed E-state index contributed by atoms with van der Waals surface area (Å²) in [4.78, 5) is 26.1. The Balaban J connectivity index is 2.34. The van der Waals surface area contributed by atoms with Gasteiger partial charge in [0, 0.05) is 0 Å². The van der Waals surface area contributed by atoms with Crippen molar-refractivity contribution in [2.45, 2.75) is 38.8 Å². The van der Waals surface area contributed by atoms with Gasteiger partial charge in [-0.3, -0.25) is 0 Å². The molecular formula is C10H16N4O4. The largest absolute Gasteiger partial charge is 0.480 e. The molecule has 2 amide bonds. The zero-order valence-corrected chi connectivity index (χ0v) is 10.0. The van der Waals surface area contributed by atoms with Gasteiger partial charge < -0.3 is 20.3 Å². The van der Waals surface area contributed by atoms with Gasteiger partial charge in [0.05, 0.1) is 6.54 Å². The van der Waals surface area contributed by atoms with Crippen molar-refractivity contribution >= 4 is 12.0 Å². The van der Waals surface area contributed by atoms with Crippen LogP contribution >= 0.6 is 0 Å². The van der Waals surface area contributed by atoms with Crippen molar-refractivity contribution in [3.63, 3.8) is 0 Å². The normalized spacial score (nSPS) is 11.8. The lowest BCUT2D eigenvalue weighted by Crippen LogP contribution is -2.45. The number of unbranched alkanes of at least 4 members (excludes halogenated alkanes) is 1. The van der Waals surface area contributed by atoms with Crippen LogP contribution < -0.4 is 10.6 Å². The van der Waals surface area contributed by atoms with Gasteiger partial charge in [0.25, 0.3) is 0 Å². The van der Waals surface area contributed by atoms with Gasteiger partial charge in [-0.15, -0.1) is 0 Å². The molecule has 0 spiro atoms. The maximum Gasteiger partial charge on any atom is 0.326 e. The van der Waals surface area contributed by atoms with Crippen molar-refractivity contribution in [2.24, 2.45) is 0 Å². The molecule has 1 heterocycles. The standard InChI is InChI=1S/C10H16N4O4/c1-2-3-4-7(9(15)16)13-10(17)11-5-8-12-6-18-14-8/h6-7H,2-5H2,1H3,(H,15,16)(H2,11,13,17)/t7-/m0/s1. The van der Waals surface area contributed by atoms with Gasteiger partial charge in [-0.1, -0.05) is 24.9 Å². The molecule has 0 saturated carbocycles. The van der Waals surface area contributed by atoms with Crippen LogP contribution in [0.3, 0.4) is 0 Å². The van der Waals surface area contributed by atoms with Crippen molar-refractivity contribution in [3.8, 4) is 0 Å². The Morgan fingerprint density at radius 2 is 2.33 bits per heavy atom. The van der Waals surface area contributed by atoms with E-state index in [-0.39, 0.29) is 6.54 Å². The Labute approximate surface area is 104 Å². The molecule has 0 radical (unpaired) electrons. The van der Waals surface area contributed by atoms with Crippen LogP contribution in [0.5, 0.6) is 0 Å². The minimum atomic E-state index is -1.04. The number of carboxylic acid groups (broad SMARTS) is 1. The van der Waals surface area contributed by atoms with E-state index in [1.165, 1.54) is 0 Å². The summed E-state index contributed by atoms with van der Waals surface area (Å²) in [6.07, 6.45) is 3.16. The second-order valence-corrected chi connectivity index (χ2v) is 3.71. The lowest BCUT2D eigenvalue weighted by Gasteiger charge is -2.14. The van der Waals surface area contributed by atoms with E-state index in [2.05, 4.69) is 25.3 Å².